The Morgan fingerprint density at radius 1 is 1.23 bits per heavy atom. The van der Waals surface area contributed by atoms with Crippen molar-refractivity contribution >= 4 is 17.5 Å². The molecular weight excluding hydrogens is 299 g/mol. The van der Waals surface area contributed by atoms with E-state index in [-0.39, 0.29) is 12.1 Å². The molecule has 0 heterocycles. The Morgan fingerprint density at radius 3 is 2.32 bits per heavy atom. The minimum Gasteiger partial charge on any atom is -0.467 e. The number of nitrogens with zero attached hydrogens (tertiary/aromatic N) is 1. The zero-order chi connectivity index (χ0) is 16.8. The second kappa shape index (κ2) is 7.72. The highest BCUT2D eigenvalue weighted by molar-refractivity contribution is 6.03. The standard InChI is InChI=1S/C15H16F3NO3/c1-10(8-13(20)15(16,17)18)19-12(14(21)22-2)9-11-6-4-3-5-7-11/h3-7,12H,8-9H2,1-2H3/t12-/m1/s1. The largest absolute Gasteiger partial charge is 0.467 e. The average molecular weight is 315 g/mol. The summed E-state index contributed by atoms with van der Waals surface area (Å²) >= 11 is 0. The fourth-order valence-corrected chi connectivity index (χ4v) is 1.80. The lowest BCUT2D eigenvalue weighted by Crippen LogP contribution is -2.27. The molecule has 0 fully saturated rings. The maximum atomic E-state index is 12.2. The van der Waals surface area contributed by atoms with Gasteiger partial charge in [-0.3, -0.25) is 9.79 Å². The van der Waals surface area contributed by atoms with Gasteiger partial charge in [-0.2, -0.15) is 13.2 Å². The summed E-state index contributed by atoms with van der Waals surface area (Å²) in [5.74, 6) is -2.56. The smallest absolute Gasteiger partial charge is 0.450 e. The first-order valence-corrected chi connectivity index (χ1v) is 6.49. The summed E-state index contributed by atoms with van der Waals surface area (Å²) in [4.78, 5) is 26.5. The molecule has 1 aromatic carbocycles. The van der Waals surface area contributed by atoms with Gasteiger partial charge < -0.3 is 4.74 Å². The Labute approximate surface area is 126 Å². The topological polar surface area (TPSA) is 55.7 Å². The summed E-state index contributed by atoms with van der Waals surface area (Å²) in [6.07, 6.45) is -5.59. The minimum absolute atomic E-state index is 0.0614. The quantitative estimate of drug-likeness (QED) is 0.599. The molecular formula is C15H16F3NO3. The summed E-state index contributed by atoms with van der Waals surface area (Å²) in [7, 11) is 1.17. The molecule has 0 unspecified atom stereocenters. The molecule has 0 N–H and O–H groups in total. The number of Topliss-reactive ketones (excluding diaryl/α,β-unsaturated/α-hetero) is 1. The van der Waals surface area contributed by atoms with E-state index < -0.39 is 30.4 Å². The molecule has 0 radical (unpaired) electrons. The van der Waals surface area contributed by atoms with Crippen LogP contribution in [-0.2, 0) is 20.7 Å². The third-order valence-corrected chi connectivity index (χ3v) is 2.85. The highest BCUT2D eigenvalue weighted by Crippen LogP contribution is 2.18. The van der Waals surface area contributed by atoms with Crippen LogP contribution >= 0.6 is 0 Å². The predicted molar refractivity (Wildman–Crippen MR) is 74.7 cm³/mol. The van der Waals surface area contributed by atoms with Crippen molar-refractivity contribution in [1.29, 1.82) is 0 Å². The lowest BCUT2D eigenvalue weighted by Gasteiger charge is -2.12. The van der Waals surface area contributed by atoms with Gasteiger partial charge in [0.15, 0.2) is 6.04 Å². The summed E-state index contributed by atoms with van der Waals surface area (Å²) < 4.78 is 41.3. The normalized spacial score (nSPS) is 13.6. The molecule has 0 amide bonds. The van der Waals surface area contributed by atoms with Gasteiger partial charge in [-0.15, -0.1) is 0 Å². The predicted octanol–water partition coefficient (Wildman–Crippen LogP) is 2.75. The van der Waals surface area contributed by atoms with Crippen molar-refractivity contribution in [2.45, 2.75) is 32.0 Å². The van der Waals surface area contributed by atoms with E-state index in [0.29, 0.717) is 0 Å². The Kier molecular flexibility index (Phi) is 6.27. The number of hydrogen-bond donors (Lipinski definition) is 0. The Hall–Kier alpha value is -2.18. The maximum absolute atomic E-state index is 12.2. The highest BCUT2D eigenvalue weighted by atomic mass is 19.4. The summed E-state index contributed by atoms with van der Waals surface area (Å²) in [5, 5.41) is 0. The van der Waals surface area contributed by atoms with Crippen LogP contribution in [0.15, 0.2) is 35.3 Å². The van der Waals surface area contributed by atoms with Crippen LogP contribution in [0.25, 0.3) is 0 Å². The molecule has 0 aromatic heterocycles. The van der Waals surface area contributed by atoms with Crippen molar-refractivity contribution in [2.24, 2.45) is 4.99 Å². The van der Waals surface area contributed by atoms with Gasteiger partial charge in [0.05, 0.1) is 13.5 Å². The summed E-state index contributed by atoms with van der Waals surface area (Å²) in [6, 6.07) is 7.89. The van der Waals surface area contributed by atoms with Gasteiger partial charge in [0, 0.05) is 12.1 Å². The number of carbonyl (C=O) groups is 2. The number of rotatable bonds is 6. The van der Waals surface area contributed by atoms with Crippen LogP contribution in [0.3, 0.4) is 0 Å². The van der Waals surface area contributed by atoms with E-state index in [0.717, 1.165) is 5.56 Å². The van der Waals surface area contributed by atoms with Crippen LogP contribution in [0.1, 0.15) is 18.9 Å². The molecule has 1 atom stereocenters. The van der Waals surface area contributed by atoms with Gasteiger partial charge in [0.1, 0.15) is 0 Å². The number of esters is 1. The van der Waals surface area contributed by atoms with Gasteiger partial charge in [0.25, 0.3) is 0 Å². The van der Waals surface area contributed by atoms with Crippen LogP contribution in [0, 0.1) is 0 Å². The Bertz CT molecular complexity index is 553. The van der Waals surface area contributed by atoms with Crippen molar-refractivity contribution in [1.82, 2.24) is 0 Å². The molecule has 0 aliphatic carbocycles. The number of hydrogen-bond acceptors (Lipinski definition) is 4. The first-order chi connectivity index (χ1) is 10.2. The minimum atomic E-state index is -4.91. The van der Waals surface area contributed by atoms with Crippen molar-refractivity contribution in [3.05, 3.63) is 35.9 Å². The highest BCUT2D eigenvalue weighted by Gasteiger charge is 2.38. The van der Waals surface area contributed by atoms with E-state index in [1.54, 1.807) is 30.3 Å². The van der Waals surface area contributed by atoms with Crippen LogP contribution < -0.4 is 0 Å². The van der Waals surface area contributed by atoms with Crippen LogP contribution in [0.4, 0.5) is 13.2 Å². The van der Waals surface area contributed by atoms with Gasteiger partial charge in [0.2, 0.25) is 5.78 Å². The van der Waals surface area contributed by atoms with E-state index >= 15 is 0 Å². The number of alkyl halides is 3. The van der Waals surface area contributed by atoms with Gasteiger partial charge in [-0.05, 0) is 12.5 Å². The van der Waals surface area contributed by atoms with Crippen molar-refractivity contribution in [3.63, 3.8) is 0 Å². The SMILES string of the molecule is COC(=O)[C@@H](Cc1ccccc1)N=C(C)CC(=O)C(F)(F)F. The summed E-state index contributed by atoms with van der Waals surface area (Å²) in [5.41, 5.74) is 0.727. The van der Waals surface area contributed by atoms with Gasteiger partial charge in [-0.1, -0.05) is 30.3 Å². The fraction of sp³-hybridized carbons (Fsp3) is 0.400. The van der Waals surface area contributed by atoms with E-state index in [9.17, 15) is 22.8 Å². The number of aliphatic imine (C=N–C) groups is 1. The number of carbonyl (C=O) groups excluding carboxylic acids is 2. The van der Waals surface area contributed by atoms with E-state index in [4.69, 9.17) is 0 Å². The molecule has 120 valence electrons. The molecule has 7 heteroatoms. The average Bonchev–Trinajstić information content (AvgIpc) is 2.45. The fourth-order valence-electron chi connectivity index (χ4n) is 1.80. The van der Waals surface area contributed by atoms with Crippen molar-refractivity contribution in [3.8, 4) is 0 Å². The van der Waals surface area contributed by atoms with Gasteiger partial charge in [-0.25, -0.2) is 4.79 Å². The van der Waals surface area contributed by atoms with Crippen LogP contribution in [0.5, 0.6) is 0 Å². The third-order valence-electron chi connectivity index (χ3n) is 2.85. The molecule has 0 bridgehead atoms. The lowest BCUT2D eigenvalue weighted by atomic mass is 10.1. The second-order valence-corrected chi connectivity index (χ2v) is 4.69. The summed E-state index contributed by atoms with van der Waals surface area (Å²) in [6.45, 7) is 1.28. The van der Waals surface area contributed by atoms with E-state index in [1.807, 2.05) is 0 Å². The Morgan fingerprint density at radius 2 is 1.82 bits per heavy atom. The number of methoxy groups -OCH3 is 1. The van der Waals surface area contributed by atoms with Crippen molar-refractivity contribution in [2.75, 3.05) is 7.11 Å². The molecule has 0 aliphatic heterocycles. The molecule has 0 saturated carbocycles. The first kappa shape index (κ1) is 17.9. The van der Waals surface area contributed by atoms with Crippen molar-refractivity contribution < 1.29 is 27.5 Å². The lowest BCUT2D eigenvalue weighted by molar-refractivity contribution is -0.169. The third kappa shape index (κ3) is 5.67. The number of ketones is 1. The molecule has 1 rings (SSSR count). The number of ether oxygens (including phenoxy) is 1. The van der Waals surface area contributed by atoms with Crippen LogP contribution in [0.2, 0.25) is 0 Å². The zero-order valence-corrected chi connectivity index (χ0v) is 12.2. The van der Waals surface area contributed by atoms with Gasteiger partial charge >= 0.3 is 12.1 Å². The number of benzene rings is 1. The zero-order valence-electron chi connectivity index (χ0n) is 12.2. The van der Waals surface area contributed by atoms with Crippen LogP contribution in [-0.4, -0.2) is 36.8 Å². The molecule has 0 spiro atoms. The monoisotopic (exact) mass is 315 g/mol. The molecule has 1 aromatic rings. The number of halogens is 3. The van der Waals surface area contributed by atoms with E-state index in [2.05, 4.69) is 9.73 Å². The molecule has 22 heavy (non-hydrogen) atoms. The molecule has 0 aliphatic rings. The second-order valence-electron chi connectivity index (χ2n) is 4.69. The maximum Gasteiger partial charge on any atom is 0.450 e. The van der Waals surface area contributed by atoms with E-state index in [1.165, 1.54) is 14.0 Å². The Balaban J connectivity index is 2.86. The molecule has 0 saturated heterocycles. The molecule has 4 nitrogen and oxygen atoms in total. The first-order valence-electron chi connectivity index (χ1n) is 6.49.